The number of halogens is 1. The fourth-order valence-electron chi connectivity index (χ4n) is 7.86. The van der Waals surface area contributed by atoms with Crippen molar-refractivity contribution in [3.05, 3.63) is 29.1 Å². The van der Waals surface area contributed by atoms with E-state index in [0.29, 0.717) is 12.4 Å². The molecule has 4 bridgehead atoms. The van der Waals surface area contributed by atoms with E-state index in [4.69, 9.17) is 14.2 Å². The Balaban J connectivity index is 1.32. The van der Waals surface area contributed by atoms with E-state index in [0.717, 1.165) is 36.2 Å². The van der Waals surface area contributed by atoms with Crippen LogP contribution in [-0.4, -0.2) is 35.5 Å². The molecule has 1 aromatic carbocycles. The molecule has 0 saturated heterocycles. The van der Waals surface area contributed by atoms with Crippen LogP contribution in [0.4, 0.5) is 4.39 Å². The van der Waals surface area contributed by atoms with E-state index in [1.807, 2.05) is 0 Å². The third-order valence-electron chi connectivity index (χ3n) is 9.12. The maximum atomic E-state index is 15.5. The Labute approximate surface area is 244 Å². The van der Waals surface area contributed by atoms with Crippen LogP contribution in [0.2, 0.25) is 0 Å². The van der Waals surface area contributed by atoms with Crippen LogP contribution >= 0.6 is 0 Å². The quantitative estimate of drug-likeness (QED) is 0.213. The van der Waals surface area contributed by atoms with E-state index in [2.05, 4.69) is 0 Å². The minimum atomic E-state index is -1.08. The summed E-state index contributed by atoms with van der Waals surface area (Å²) in [6, 6.07) is 3.00. The molecule has 6 rings (SSSR count). The zero-order valence-electron chi connectivity index (χ0n) is 25.6. The summed E-state index contributed by atoms with van der Waals surface area (Å²) in [5.41, 5.74) is -0.529. The van der Waals surface area contributed by atoms with Gasteiger partial charge in [-0.15, -0.1) is 0 Å². The molecule has 0 N–H and O–H groups in total. The Hall–Kier alpha value is -2.44. The van der Waals surface area contributed by atoms with Gasteiger partial charge in [-0.3, -0.25) is 14.4 Å². The molecule has 0 heterocycles. The number of carbonyl (C=O) groups is 3. The Morgan fingerprint density at radius 3 is 1.95 bits per heavy atom. The highest BCUT2D eigenvalue weighted by Crippen LogP contribution is 2.60. The predicted molar refractivity (Wildman–Crippen MR) is 153 cm³/mol. The van der Waals surface area contributed by atoms with Crippen LogP contribution in [0.5, 0.6) is 5.75 Å². The number of carbonyl (C=O) groups excluding carboxylic acids is 3. The molecular weight excluding hydrogens is 523 g/mol. The SMILES string of the molecule is CC(C)(C)OC(=O)C[C@H](CC(=O)c1cc(C2CC2)c(OCC23CC4CC(CC(C4)C2)C3)cc1F)C(=O)OC(C)(C)C. The van der Waals surface area contributed by atoms with Crippen LogP contribution in [0.25, 0.3) is 0 Å². The van der Waals surface area contributed by atoms with Crippen molar-refractivity contribution >= 4 is 17.7 Å². The molecule has 1 aromatic rings. The highest BCUT2D eigenvalue weighted by Gasteiger charge is 2.51. The number of benzene rings is 1. The maximum absolute atomic E-state index is 15.5. The number of hydrogen-bond donors (Lipinski definition) is 0. The van der Waals surface area contributed by atoms with Gasteiger partial charge < -0.3 is 14.2 Å². The fraction of sp³-hybridized carbons (Fsp3) is 0.735. The molecule has 0 unspecified atom stereocenters. The minimum absolute atomic E-state index is 0.0631. The summed E-state index contributed by atoms with van der Waals surface area (Å²) in [6.07, 6.45) is 8.99. The van der Waals surface area contributed by atoms with Crippen molar-refractivity contribution in [1.29, 1.82) is 0 Å². The molecule has 5 fully saturated rings. The molecular formula is C34H47FO6. The van der Waals surface area contributed by atoms with Gasteiger partial charge in [-0.25, -0.2) is 4.39 Å². The van der Waals surface area contributed by atoms with E-state index in [-0.39, 0.29) is 29.7 Å². The Morgan fingerprint density at radius 1 is 0.878 bits per heavy atom. The number of rotatable bonds is 10. The van der Waals surface area contributed by atoms with E-state index < -0.39 is 40.7 Å². The molecule has 5 aliphatic carbocycles. The lowest BCUT2D eigenvalue weighted by Gasteiger charge is -2.56. The van der Waals surface area contributed by atoms with Gasteiger partial charge in [0.25, 0.3) is 0 Å². The Kier molecular flexibility index (Phi) is 8.06. The van der Waals surface area contributed by atoms with E-state index in [1.165, 1.54) is 44.6 Å². The second-order valence-corrected chi connectivity index (χ2v) is 15.5. The van der Waals surface area contributed by atoms with E-state index in [9.17, 15) is 14.4 Å². The van der Waals surface area contributed by atoms with Crippen LogP contribution in [0.1, 0.15) is 128 Å². The van der Waals surface area contributed by atoms with Crippen molar-refractivity contribution in [2.75, 3.05) is 6.61 Å². The molecule has 5 aliphatic rings. The third-order valence-corrected chi connectivity index (χ3v) is 9.12. The molecule has 6 nitrogen and oxygen atoms in total. The first-order chi connectivity index (χ1) is 19.1. The molecule has 0 spiro atoms. The minimum Gasteiger partial charge on any atom is -0.493 e. The molecule has 0 aliphatic heterocycles. The first kappa shape index (κ1) is 30.0. The molecule has 0 radical (unpaired) electrons. The number of esters is 2. The lowest BCUT2D eigenvalue weighted by molar-refractivity contribution is -0.167. The maximum Gasteiger partial charge on any atom is 0.310 e. The highest BCUT2D eigenvalue weighted by atomic mass is 19.1. The van der Waals surface area contributed by atoms with Gasteiger partial charge in [0.05, 0.1) is 24.5 Å². The van der Waals surface area contributed by atoms with Crippen molar-refractivity contribution in [2.45, 2.75) is 123 Å². The molecule has 41 heavy (non-hydrogen) atoms. The molecule has 5 saturated carbocycles. The van der Waals surface area contributed by atoms with Gasteiger partial charge >= 0.3 is 11.9 Å². The van der Waals surface area contributed by atoms with Gasteiger partial charge in [-0.1, -0.05) is 0 Å². The van der Waals surface area contributed by atoms with Gasteiger partial charge in [0.15, 0.2) is 5.78 Å². The Morgan fingerprint density at radius 2 is 1.44 bits per heavy atom. The predicted octanol–water partition coefficient (Wildman–Crippen LogP) is 7.56. The smallest absolute Gasteiger partial charge is 0.310 e. The van der Waals surface area contributed by atoms with Crippen molar-refractivity contribution in [1.82, 2.24) is 0 Å². The summed E-state index contributed by atoms with van der Waals surface area (Å²) in [4.78, 5) is 39.1. The van der Waals surface area contributed by atoms with Gasteiger partial charge in [0.1, 0.15) is 22.8 Å². The summed E-state index contributed by atoms with van der Waals surface area (Å²) in [6.45, 7) is 11.0. The molecule has 7 heteroatoms. The van der Waals surface area contributed by atoms with Crippen molar-refractivity contribution < 1.29 is 33.0 Å². The summed E-state index contributed by atoms with van der Waals surface area (Å²) in [7, 11) is 0. The number of ketones is 1. The monoisotopic (exact) mass is 570 g/mol. The normalized spacial score (nSPS) is 27.8. The second kappa shape index (κ2) is 11.0. The summed E-state index contributed by atoms with van der Waals surface area (Å²) < 4.78 is 32.9. The average molecular weight is 571 g/mol. The van der Waals surface area contributed by atoms with Crippen LogP contribution in [0.3, 0.4) is 0 Å². The molecule has 0 amide bonds. The average Bonchev–Trinajstić information content (AvgIpc) is 3.64. The largest absolute Gasteiger partial charge is 0.493 e. The first-order valence-electron chi connectivity index (χ1n) is 15.5. The fourth-order valence-corrected chi connectivity index (χ4v) is 7.86. The molecule has 0 aromatic heterocycles. The lowest BCUT2D eigenvalue weighted by atomic mass is 9.50. The Bertz CT molecular complexity index is 1150. The first-order valence-corrected chi connectivity index (χ1v) is 15.5. The molecule has 226 valence electrons. The number of Topliss-reactive ketones (excluding diaryl/α,β-unsaturated/α-hetero) is 1. The molecule has 1 atom stereocenters. The van der Waals surface area contributed by atoms with Crippen molar-refractivity contribution in [3.8, 4) is 5.75 Å². The number of hydrogen-bond acceptors (Lipinski definition) is 6. The van der Waals surface area contributed by atoms with Gasteiger partial charge in [-0.05, 0) is 128 Å². The zero-order valence-corrected chi connectivity index (χ0v) is 25.6. The van der Waals surface area contributed by atoms with Gasteiger partial charge in [0.2, 0.25) is 0 Å². The topological polar surface area (TPSA) is 78.9 Å². The van der Waals surface area contributed by atoms with Crippen molar-refractivity contribution in [2.24, 2.45) is 29.1 Å². The van der Waals surface area contributed by atoms with E-state index >= 15 is 4.39 Å². The highest BCUT2D eigenvalue weighted by molar-refractivity contribution is 5.99. The van der Waals surface area contributed by atoms with Crippen molar-refractivity contribution in [3.63, 3.8) is 0 Å². The number of ether oxygens (including phenoxy) is 3. The summed E-state index contributed by atoms with van der Waals surface area (Å²) in [5, 5.41) is 0. The van der Waals surface area contributed by atoms with Crippen LogP contribution in [0.15, 0.2) is 12.1 Å². The standard InChI is InChI=1S/C34H47FO6/c1-32(2,3)40-30(37)13-24(31(38)41-33(4,5)6)12-28(36)26-14-25(23-7-8-23)29(15-27(26)35)39-19-34-16-20-9-21(17-34)11-22(10-20)18-34/h14-15,20-24H,7-13,16-19H2,1-6H3/t20?,21?,22?,24-,34?/m0/s1. The van der Waals surface area contributed by atoms with Crippen LogP contribution in [-0.2, 0) is 19.1 Å². The van der Waals surface area contributed by atoms with E-state index in [1.54, 1.807) is 47.6 Å². The third kappa shape index (κ3) is 7.50. The lowest BCUT2D eigenvalue weighted by Crippen LogP contribution is -2.48. The van der Waals surface area contributed by atoms with Crippen LogP contribution in [0, 0.1) is 34.9 Å². The van der Waals surface area contributed by atoms with Gasteiger partial charge in [-0.2, -0.15) is 0 Å². The summed E-state index contributed by atoms with van der Waals surface area (Å²) >= 11 is 0. The summed E-state index contributed by atoms with van der Waals surface area (Å²) in [5.74, 6) is -0.311. The van der Waals surface area contributed by atoms with Gasteiger partial charge in [0, 0.05) is 17.9 Å². The second-order valence-electron chi connectivity index (χ2n) is 15.5. The zero-order chi connectivity index (χ0) is 29.7. The van der Waals surface area contributed by atoms with Crippen LogP contribution < -0.4 is 4.74 Å².